The number of nitriles is 1. The number of aromatic nitrogens is 2. The van der Waals surface area contributed by atoms with Crippen LogP contribution in [0.3, 0.4) is 0 Å². The van der Waals surface area contributed by atoms with Gasteiger partial charge in [0.2, 0.25) is 5.82 Å². The van der Waals surface area contributed by atoms with Crippen LogP contribution < -0.4 is 0 Å². The number of nitrogens with one attached hydrogen (secondary N) is 1. The van der Waals surface area contributed by atoms with Crippen LogP contribution in [0.2, 0.25) is 0 Å². The van der Waals surface area contributed by atoms with Gasteiger partial charge in [0.1, 0.15) is 6.07 Å². The molecule has 3 nitrogen and oxygen atoms in total. The zero-order chi connectivity index (χ0) is 8.48. The van der Waals surface area contributed by atoms with E-state index in [1.165, 1.54) is 6.07 Å². The molecule has 0 aliphatic carbocycles. The zero-order valence-electron chi connectivity index (χ0n) is 5.11. The Kier molecular flexibility index (Phi) is 3.38. The molecule has 1 aromatic rings. The van der Waals surface area contributed by atoms with Crippen LogP contribution in [0, 0.1) is 11.3 Å². The van der Waals surface area contributed by atoms with Crippen LogP contribution in [0.1, 0.15) is 11.5 Å². The number of alkyl halides is 3. The van der Waals surface area contributed by atoms with Gasteiger partial charge in [-0.05, 0) is 0 Å². The fraction of sp³-hybridized carbons (Fsp3) is 0.200. The maximum atomic E-state index is 11.7. The molecule has 0 radical (unpaired) electrons. The second kappa shape index (κ2) is 3.66. The summed E-state index contributed by atoms with van der Waals surface area (Å²) in [6.07, 6.45) is -3.60. The van der Waals surface area contributed by atoms with Gasteiger partial charge in [0.25, 0.3) is 0 Å². The molecule has 0 spiro atoms. The Morgan fingerprint density at radius 1 is 1.50 bits per heavy atom. The van der Waals surface area contributed by atoms with Gasteiger partial charge in [-0.25, -0.2) is 4.98 Å². The van der Waals surface area contributed by atoms with Crippen molar-refractivity contribution in [3.05, 3.63) is 17.7 Å². The van der Waals surface area contributed by atoms with Crippen molar-refractivity contribution in [2.45, 2.75) is 6.18 Å². The van der Waals surface area contributed by atoms with Gasteiger partial charge < -0.3 is 4.98 Å². The van der Waals surface area contributed by atoms with Crippen molar-refractivity contribution < 1.29 is 13.2 Å². The van der Waals surface area contributed by atoms with E-state index in [1.807, 2.05) is 4.98 Å². The first-order chi connectivity index (χ1) is 5.04. The van der Waals surface area contributed by atoms with Crippen LogP contribution in [-0.2, 0) is 6.18 Å². The van der Waals surface area contributed by atoms with Crippen LogP contribution >= 0.6 is 0 Å². The minimum atomic E-state index is -4.50. The Labute approximate surface area is 77.8 Å². The Morgan fingerprint density at radius 3 is 2.33 bits per heavy atom. The molecule has 0 amide bonds. The normalized spacial score (nSPS) is 10.2. The van der Waals surface area contributed by atoms with E-state index in [2.05, 4.69) is 4.98 Å². The van der Waals surface area contributed by atoms with Gasteiger partial charge >= 0.3 is 25.0 Å². The van der Waals surface area contributed by atoms with Crippen LogP contribution in [0.25, 0.3) is 0 Å². The summed E-state index contributed by atoms with van der Waals surface area (Å²) >= 11 is 0. The van der Waals surface area contributed by atoms with Gasteiger partial charge in [0, 0.05) is 6.20 Å². The molecule has 0 saturated heterocycles. The molecule has 1 rings (SSSR count). The molecule has 0 unspecified atom stereocenters. The molecule has 1 N–H and O–H groups in total. The summed E-state index contributed by atoms with van der Waals surface area (Å²) in [5, 5.41) is 8.12. The average molecular weight is 169 g/mol. The number of halogens is 3. The third-order valence-electron chi connectivity index (χ3n) is 0.961. The van der Waals surface area contributed by atoms with E-state index in [1.54, 1.807) is 0 Å². The maximum absolute atomic E-state index is 11.7. The fourth-order valence-corrected chi connectivity index (χ4v) is 0.524. The molecule has 60 valence electrons. The van der Waals surface area contributed by atoms with Crippen molar-refractivity contribution in [2.75, 3.05) is 0 Å². The molecule has 0 fully saturated rings. The number of imidazole rings is 1. The van der Waals surface area contributed by atoms with Crippen molar-refractivity contribution >= 4 is 18.9 Å². The van der Waals surface area contributed by atoms with Gasteiger partial charge in [0.05, 0.1) is 0 Å². The van der Waals surface area contributed by atoms with Crippen LogP contribution in [0.4, 0.5) is 13.2 Å². The molecule has 12 heavy (non-hydrogen) atoms. The summed E-state index contributed by atoms with van der Waals surface area (Å²) in [5.74, 6) is -1.14. The molecule has 0 aliphatic heterocycles. The van der Waals surface area contributed by atoms with Crippen LogP contribution in [0.5, 0.6) is 0 Å². The predicted molar refractivity (Wildman–Crippen MR) is 35.5 cm³/mol. The Balaban J connectivity index is 0.00000121. The van der Waals surface area contributed by atoms with E-state index in [4.69, 9.17) is 5.26 Å². The summed E-state index contributed by atoms with van der Waals surface area (Å²) in [5.41, 5.74) is -0.266. The SMILES string of the molecule is N#Cc1c[nH]c(C(F)(F)F)n1.[LiH]. The topological polar surface area (TPSA) is 52.5 Å². The third-order valence-corrected chi connectivity index (χ3v) is 0.961. The molecular formula is C5H3F3LiN3. The molecule has 0 aromatic carbocycles. The van der Waals surface area contributed by atoms with Crippen molar-refractivity contribution in [1.29, 1.82) is 5.26 Å². The quantitative estimate of drug-likeness (QED) is 0.579. The molecule has 1 heterocycles. The zero-order valence-corrected chi connectivity index (χ0v) is 5.11. The number of hydrogen-bond acceptors (Lipinski definition) is 2. The van der Waals surface area contributed by atoms with Gasteiger partial charge in [-0.1, -0.05) is 0 Å². The standard InChI is InChI=1S/C5H2F3N3.Li.H/c6-5(7,8)4-10-2-3(1-9)11-4;;/h2H,(H,10,11);;. The summed E-state index contributed by atoms with van der Waals surface area (Å²) in [4.78, 5) is 4.80. The Morgan fingerprint density at radius 2 is 2.08 bits per heavy atom. The summed E-state index contributed by atoms with van der Waals surface area (Å²) in [6, 6.07) is 1.48. The van der Waals surface area contributed by atoms with Crippen molar-refractivity contribution in [2.24, 2.45) is 0 Å². The molecule has 0 saturated carbocycles. The molecule has 7 heteroatoms. The fourth-order valence-electron chi connectivity index (χ4n) is 0.524. The van der Waals surface area contributed by atoms with Crippen LogP contribution in [-0.4, -0.2) is 28.8 Å². The number of aromatic amines is 1. The van der Waals surface area contributed by atoms with Gasteiger partial charge in [0.15, 0.2) is 5.69 Å². The van der Waals surface area contributed by atoms with Crippen molar-refractivity contribution in [3.8, 4) is 6.07 Å². The van der Waals surface area contributed by atoms with Crippen molar-refractivity contribution in [1.82, 2.24) is 9.97 Å². The van der Waals surface area contributed by atoms with Crippen molar-refractivity contribution in [3.63, 3.8) is 0 Å². The Hall–Kier alpha value is -0.913. The molecule has 0 atom stereocenters. The van der Waals surface area contributed by atoms with Crippen LogP contribution in [0.15, 0.2) is 6.20 Å². The summed E-state index contributed by atoms with van der Waals surface area (Å²) in [6.45, 7) is 0. The third kappa shape index (κ3) is 2.30. The number of rotatable bonds is 0. The number of nitrogens with zero attached hydrogens (tertiary/aromatic N) is 2. The number of H-pyrrole nitrogens is 1. The monoisotopic (exact) mass is 169 g/mol. The summed E-state index contributed by atoms with van der Waals surface area (Å²) in [7, 11) is 0. The van der Waals surface area contributed by atoms with E-state index in [-0.39, 0.29) is 24.6 Å². The molecule has 0 bridgehead atoms. The van der Waals surface area contributed by atoms with E-state index >= 15 is 0 Å². The van der Waals surface area contributed by atoms with E-state index in [9.17, 15) is 13.2 Å². The Bertz CT molecular complexity index is 298. The van der Waals surface area contributed by atoms with E-state index < -0.39 is 12.0 Å². The first kappa shape index (κ1) is 11.1. The second-order valence-corrected chi connectivity index (χ2v) is 1.74. The average Bonchev–Trinajstić information content (AvgIpc) is 2.32. The first-order valence-corrected chi connectivity index (χ1v) is 2.57. The van der Waals surface area contributed by atoms with Gasteiger partial charge in [-0.3, -0.25) is 0 Å². The molecule has 0 aliphatic rings. The van der Waals surface area contributed by atoms with Gasteiger partial charge in [-0.2, -0.15) is 18.4 Å². The summed E-state index contributed by atoms with van der Waals surface area (Å²) < 4.78 is 35.2. The minimum absolute atomic E-state index is 0. The number of hydrogen-bond donors (Lipinski definition) is 1. The predicted octanol–water partition coefficient (Wildman–Crippen LogP) is 0.652. The first-order valence-electron chi connectivity index (χ1n) is 2.57. The van der Waals surface area contributed by atoms with E-state index in [0.717, 1.165) is 6.20 Å². The van der Waals surface area contributed by atoms with Gasteiger partial charge in [-0.15, -0.1) is 0 Å². The molecular weight excluding hydrogens is 166 g/mol. The second-order valence-electron chi connectivity index (χ2n) is 1.74. The molecule has 1 aromatic heterocycles. The van der Waals surface area contributed by atoms with E-state index in [0.29, 0.717) is 0 Å².